The van der Waals surface area contributed by atoms with Crippen LogP contribution in [0.5, 0.6) is 0 Å². The van der Waals surface area contributed by atoms with E-state index >= 15 is 0 Å². The third kappa shape index (κ3) is 10.9. The molecule has 2 aliphatic carbocycles. The first kappa shape index (κ1) is 43.3. The van der Waals surface area contributed by atoms with E-state index < -0.39 is 0 Å². The minimum absolute atomic E-state index is 0.0894. The summed E-state index contributed by atoms with van der Waals surface area (Å²) in [7, 11) is 12.3. The van der Waals surface area contributed by atoms with Crippen LogP contribution in [-0.4, -0.2) is 119 Å². The first-order chi connectivity index (χ1) is 26.3. The van der Waals surface area contributed by atoms with Crippen molar-refractivity contribution in [1.29, 1.82) is 0 Å². The predicted molar refractivity (Wildman–Crippen MR) is 225 cm³/mol. The minimum atomic E-state index is -0.296. The topological polar surface area (TPSA) is 128 Å². The standard InChI is InChI=1S/C24H32N4O2.C14H6Cl2O2.C5H14N2/c1-27(2)15-7-13-25-19-11-5-9-17-21(19)24(30)22-18(23(17)29)10-6-12-20(22)26-14-8-16-28(3)4;15-9-5-1-3-7-11(9)14(18)12-8(13(7)17)4-2-6-10(12)16;1-7(2)5-3-4-6/h5-6,9-12,25-26H,7-8,13-16H2,1-4H3;1-6H;3-6H2,1-2H3. The molecule has 10 nitrogen and oxygen atoms in total. The summed E-state index contributed by atoms with van der Waals surface area (Å²) in [4.78, 5) is 57.8. The Bertz CT molecular complexity index is 1880. The molecule has 0 saturated heterocycles. The molecule has 4 aromatic carbocycles. The van der Waals surface area contributed by atoms with Gasteiger partial charge in [0.1, 0.15) is 0 Å². The number of anilines is 2. The highest BCUT2D eigenvalue weighted by molar-refractivity contribution is 6.42. The zero-order valence-corrected chi connectivity index (χ0v) is 34.1. The zero-order valence-electron chi connectivity index (χ0n) is 32.6. The van der Waals surface area contributed by atoms with Crippen LogP contribution in [0.3, 0.4) is 0 Å². The molecule has 0 aromatic heterocycles. The highest BCUT2D eigenvalue weighted by Crippen LogP contribution is 2.36. The van der Waals surface area contributed by atoms with E-state index in [1.165, 1.54) is 0 Å². The van der Waals surface area contributed by atoms with Gasteiger partial charge < -0.3 is 31.1 Å². The summed E-state index contributed by atoms with van der Waals surface area (Å²) < 4.78 is 0. The Balaban J connectivity index is 0.000000226. The van der Waals surface area contributed by atoms with Gasteiger partial charge >= 0.3 is 0 Å². The molecule has 4 N–H and O–H groups in total. The molecule has 6 rings (SSSR count). The van der Waals surface area contributed by atoms with Gasteiger partial charge in [-0.3, -0.25) is 19.2 Å². The molecule has 0 heterocycles. The number of fused-ring (bicyclic) bond motifs is 4. The van der Waals surface area contributed by atoms with E-state index in [0.29, 0.717) is 33.4 Å². The molecule has 12 heteroatoms. The van der Waals surface area contributed by atoms with Crippen molar-refractivity contribution in [2.75, 3.05) is 92.2 Å². The number of hydrogen-bond donors (Lipinski definition) is 3. The highest BCUT2D eigenvalue weighted by Gasteiger charge is 2.34. The molecule has 292 valence electrons. The summed E-state index contributed by atoms with van der Waals surface area (Å²) in [6.45, 7) is 5.31. The monoisotopic (exact) mass is 786 g/mol. The second-order valence-corrected chi connectivity index (χ2v) is 15.0. The van der Waals surface area contributed by atoms with Crippen molar-refractivity contribution < 1.29 is 19.2 Å². The first-order valence-electron chi connectivity index (χ1n) is 18.4. The number of halogens is 2. The Morgan fingerprint density at radius 1 is 0.473 bits per heavy atom. The molecule has 4 aromatic rings. The van der Waals surface area contributed by atoms with E-state index in [1.807, 2.05) is 52.5 Å². The van der Waals surface area contributed by atoms with Crippen LogP contribution in [0.2, 0.25) is 10.0 Å². The maximum absolute atomic E-state index is 13.5. The van der Waals surface area contributed by atoms with E-state index in [4.69, 9.17) is 28.9 Å². The molecule has 55 heavy (non-hydrogen) atoms. The number of carbonyl (C=O) groups excluding carboxylic acids is 4. The Hall–Kier alpha value is -4.42. The zero-order chi connectivity index (χ0) is 40.2. The highest BCUT2D eigenvalue weighted by atomic mass is 35.5. The van der Waals surface area contributed by atoms with Crippen LogP contribution in [0.15, 0.2) is 72.8 Å². The average molecular weight is 788 g/mol. The van der Waals surface area contributed by atoms with E-state index in [2.05, 4.69) is 39.4 Å². The molecule has 0 atom stereocenters. The molecular weight excluding hydrogens is 735 g/mol. The first-order valence-corrected chi connectivity index (χ1v) is 19.2. The fourth-order valence-electron chi connectivity index (χ4n) is 6.34. The molecule has 0 radical (unpaired) electrons. The van der Waals surface area contributed by atoms with Crippen LogP contribution in [0.1, 0.15) is 82.9 Å². The van der Waals surface area contributed by atoms with Gasteiger partial charge in [-0.1, -0.05) is 71.7 Å². The number of nitrogens with zero attached hydrogens (tertiary/aromatic N) is 3. The Kier molecular flexibility index (Phi) is 16.1. The summed E-state index contributed by atoms with van der Waals surface area (Å²) in [6, 6.07) is 20.7. The van der Waals surface area contributed by atoms with Crippen LogP contribution in [0.4, 0.5) is 11.4 Å². The lowest BCUT2D eigenvalue weighted by Gasteiger charge is -2.23. The Morgan fingerprint density at radius 2 is 0.800 bits per heavy atom. The summed E-state index contributed by atoms with van der Waals surface area (Å²) in [6.07, 6.45) is 3.01. The Labute approximate surface area is 335 Å². The number of hydrogen-bond acceptors (Lipinski definition) is 10. The number of carbonyl (C=O) groups is 4. The lowest BCUT2D eigenvalue weighted by molar-refractivity contribution is 0.0979. The largest absolute Gasteiger partial charge is 0.384 e. The van der Waals surface area contributed by atoms with Gasteiger partial charge in [-0.15, -0.1) is 0 Å². The fourth-order valence-corrected chi connectivity index (χ4v) is 6.86. The Morgan fingerprint density at radius 3 is 1.15 bits per heavy atom. The summed E-state index contributed by atoms with van der Waals surface area (Å²) in [5.41, 5.74) is 9.81. The smallest absolute Gasteiger partial charge is 0.198 e. The van der Waals surface area contributed by atoms with Gasteiger partial charge in [-0.2, -0.15) is 0 Å². The molecule has 0 bridgehead atoms. The van der Waals surface area contributed by atoms with Crippen molar-refractivity contribution >= 4 is 57.7 Å². The SMILES string of the molecule is CN(C)CCCN.CN(C)CCCNc1cccc2c1C(=O)c1c(NCCCN(C)C)cccc1C2=O.O=C1c2cccc(Cl)c2C(=O)c2c(Cl)cccc21. The van der Waals surface area contributed by atoms with E-state index in [9.17, 15) is 19.2 Å². The van der Waals surface area contributed by atoms with Gasteiger partial charge in [-0.25, -0.2) is 0 Å². The van der Waals surface area contributed by atoms with Gasteiger partial charge in [0.2, 0.25) is 0 Å². The van der Waals surface area contributed by atoms with Crippen molar-refractivity contribution in [2.45, 2.75) is 19.3 Å². The maximum atomic E-state index is 13.5. The molecule has 2 aliphatic rings. The van der Waals surface area contributed by atoms with Crippen LogP contribution in [-0.2, 0) is 0 Å². The van der Waals surface area contributed by atoms with Gasteiger partial charge in [-0.05, 0) is 112 Å². The molecule has 0 spiro atoms. The van der Waals surface area contributed by atoms with E-state index in [1.54, 1.807) is 48.5 Å². The third-order valence-electron chi connectivity index (χ3n) is 9.05. The van der Waals surface area contributed by atoms with Crippen LogP contribution in [0.25, 0.3) is 0 Å². The van der Waals surface area contributed by atoms with Crippen molar-refractivity contribution in [1.82, 2.24) is 14.7 Å². The van der Waals surface area contributed by atoms with Gasteiger partial charge in [0.15, 0.2) is 23.1 Å². The normalized spacial score (nSPS) is 12.7. The fraction of sp³-hybridized carbons (Fsp3) is 0.349. The van der Waals surface area contributed by atoms with E-state index in [0.717, 1.165) is 69.9 Å². The van der Waals surface area contributed by atoms with Crippen LogP contribution >= 0.6 is 23.2 Å². The molecule has 0 aliphatic heterocycles. The quantitative estimate of drug-likeness (QED) is 0.107. The lowest BCUT2D eigenvalue weighted by Crippen LogP contribution is -2.25. The number of nitrogens with two attached hydrogens (primary N) is 1. The van der Waals surface area contributed by atoms with Gasteiger partial charge in [0, 0.05) is 46.7 Å². The van der Waals surface area contributed by atoms with E-state index in [-0.39, 0.29) is 44.3 Å². The average Bonchev–Trinajstić information content (AvgIpc) is 3.15. The molecule has 0 amide bonds. The van der Waals surface area contributed by atoms with Crippen molar-refractivity contribution in [3.05, 3.63) is 127 Å². The second kappa shape index (κ2) is 20.5. The number of nitrogens with one attached hydrogen (secondary N) is 2. The minimum Gasteiger partial charge on any atom is -0.384 e. The molecule has 0 fully saturated rings. The number of ketones is 4. The maximum Gasteiger partial charge on any atom is 0.198 e. The van der Waals surface area contributed by atoms with Crippen molar-refractivity contribution in [3.63, 3.8) is 0 Å². The second-order valence-electron chi connectivity index (χ2n) is 14.2. The molecular formula is C43H52Cl2N6O4. The third-order valence-corrected chi connectivity index (χ3v) is 9.68. The lowest BCUT2D eigenvalue weighted by atomic mass is 9.82. The number of benzene rings is 4. The summed E-state index contributed by atoms with van der Waals surface area (Å²) >= 11 is 12.0. The summed E-state index contributed by atoms with van der Waals surface area (Å²) in [5.74, 6) is -0.695. The van der Waals surface area contributed by atoms with Gasteiger partial charge in [0.05, 0.1) is 32.3 Å². The predicted octanol–water partition coefficient (Wildman–Crippen LogP) is 6.85. The number of rotatable bonds is 13. The van der Waals surface area contributed by atoms with Crippen LogP contribution in [0, 0.1) is 0 Å². The summed E-state index contributed by atoms with van der Waals surface area (Å²) in [5, 5.41) is 7.29. The van der Waals surface area contributed by atoms with Gasteiger partial charge in [0.25, 0.3) is 0 Å². The van der Waals surface area contributed by atoms with Crippen LogP contribution < -0.4 is 16.4 Å². The van der Waals surface area contributed by atoms with Crippen molar-refractivity contribution in [2.24, 2.45) is 5.73 Å². The molecule has 0 saturated carbocycles. The van der Waals surface area contributed by atoms with Crippen molar-refractivity contribution in [3.8, 4) is 0 Å². The molecule has 0 unspecified atom stereocenters.